The van der Waals surface area contributed by atoms with Crippen LogP contribution in [0.5, 0.6) is 0 Å². The molecule has 0 aliphatic rings. The number of rotatable bonds is 3. The summed E-state index contributed by atoms with van der Waals surface area (Å²) in [5, 5.41) is 0.931. The quantitative estimate of drug-likeness (QED) is 0.387. The Kier molecular flexibility index (Phi) is 4.26. The highest BCUT2D eigenvalue weighted by Crippen LogP contribution is 2.16. The Hall–Kier alpha value is 0.217. The number of allylic oxidation sites excluding steroid dienone is 1. The Bertz CT molecular complexity index is 149. The van der Waals surface area contributed by atoms with Crippen LogP contribution in [0.4, 0.5) is 0 Å². The standard InChI is InChI=1S/C8H15BrSi/c1-5-8(6-9)7-10(2,3)4/h1,6-7H2,2-4H3. The van der Waals surface area contributed by atoms with Crippen molar-refractivity contribution in [3.8, 4) is 0 Å². The van der Waals surface area contributed by atoms with Crippen molar-refractivity contribution >= 4 is 24.0 Å². The number of hydrogen-bond acceptors (Lipinski definition) is 0. The van der Waals surface area contributed by atoms with Gasteiger partial charge in [-0.15, -0.1) is 5.73 Å². The van der Waals surface area contributed by atoms with E-state index in [4.69, 9.17) is 0 Å². The molecule has 0 amide bonds. The molecule has 0 heterocycles. The molecule has 0 aliphatic carbocycles. The van der Waals surface area contributed by atoms with E-state index in [1.807, 2.05) is 0 Å². The highest BCUT2D eigenvalue weighted by molar-refractivity contribution is 9.09. The molecule has 2 heteroatoms. The van der Waals surface area contributed by atoms with Gasteiger partial charge in [0.2, 0.25) is 0 Å². The lowest BCUT2D eigenvalue weighted by Crippen LogP contribution is -2.19. The van der Waals surface area contributed by atoms with E-state index in [-0.39, 0.29) is 0 Å². The lowest BCUT2D eigenvalue weighted by molar-refractivity contribution is 1.35. The smallest absolute Gasteiger partial charge is 0.0491 e. The van der Waals surface area contributed by atoms with E-state index >= 15 is 0 Å². The van der Waals surface area contributed by atoms with Crippen molar-refractivity contribution in [3.63, 3.8) is 0 Å². The fraction of sp³-hybridized carbons (Fsp3) is 0.625. The van der Waals surface area contributed by atoms with E-state index < -0.39 is 8.07 Å². The third-order valence-electron chi connectivity index (χ3n) is 1.16. The van der Waals surface area contributed by atoms with Crippen LogP contribution in [0.1, 0.15) is 0 Å². The first-order chi connectivity index (χ1) is 4.49. The summed E-state index contributed by atoms with van der Waals surface area (Å²) < 4.78 is 0. The van der Waals surface area contributed by atoms with Crippen LogP contribution in [0.25, 0.3) is 0 Å². The second kappa shape index (κ2) is 4.17. The van der Waals surface area contributed by atoms with Crippen LogP contribution in [0, 0.1) is 0 Å². The molecule has 0 aromatic rings. The van der Waals surface area contributed by atoms with Crippen LogP contribution < -0.4 is 0 Å². The molecular weight excluding hydrogens is 204 g/mol. The molecule has 0 atom stereocenters. The van der Waals surface area contributed by atoms with Gasteiger partial charge >= 0.3 is 0 Å². The van der Waals surface area contributed by atoms with Crippen molar-refractivity contribution in [1.29, 1.82) is 0 Å². The van der Waals surface area contributed by atoms with Crippen molar-refractivity contribution in [2.24, 2.45) is 0 Å². The van der Waals surface area contributed by atoms with Gasteiger partial charge in [-0.1, -0.05) is 42.1 Å². The molecule has 0 N–H and O–H groups in total. The van der Waals surface area contributed by atoms with Gasteiger partial charge in [-0.25, -0.2) is 0 Å². The topological polar surface area (TPSA) is 0 Å². The minimum atomic E-state index is -0.932. The first-order valence-electron chi connectivity index (χ1n) is 3.43. The van der Waals surface area contributed by atoms with Crippen LogP contribution in [-0.4, -0.2) is 13.4 Å². The van der Waals surface area contributed by atoms with E-state index in [2.05, 4.69) is 47.9 Å². The molecular formula is C8H15BrSi. The molecule has 0 rings (SSSR count). The predicted molar refractivity (Wildman–Crippen MR) is 54.6 cm³/mol. The van der Waals surface area contributed by atoms with Gasteiger partial charge < -0.3 is 0 Å². The Morgan fingerprint density at radius 3 is 2.10 bits per heavy atom. The lowest BCUT2D eigenvalue weighted by atomic mass is 10.4. The van der Waals surface area contributed by atoms with Gasteiger partial charge in [-0.2, -0.15) is 0 Å². The Balaban J connectivity index is 4.01. The van der Waals surface area contributed by atoms with E-state index in [1.165, 1.54) is 11.6 Å². The second-order valence-corrected chi connectivity index (χ2v) is 9.69. The minimum absolute atomic E-state index is 0.931. The number of halogens is 1. The molecule has 0 saturated carbocycles. The third kappa shape index (κ3) is 5.04. The summed E-state index contributed by atoms with van der Waals surface area (Å²) in [6, 6.07) is 1.21. The summed E-state index contributed by atoms with van der Waals surface area (Å²) in [6.45, 7) is 10.7. The predicted octanol–water partition coefficient (Wildman–Crippen LogP) is 3.43. The molecule has 10 heavy (non-hydrogen) atoms. The first-order valence-corrected chi connectivity index (χ1v) is 8.26. The van der Waals surface area contributed by atoms with Gasteiger partial charge in [0.1, 0.15) is 0 Å². The van der Waals surface area contributed by atoms with Crippen LogP contribution in [-0.2, 0) is 0 Å². The summed E-state index contributed by atoms with van der Waals surface area (Å²) in [7, 11) is -0.932. The van der Waals surface area contributed by atoms with Gasteiger partial charge in [-0.05, 0) is 11.6 Å². The van der Waals surface area contributed by atoms with Crippen LogP contribution >= 0.6 is 15.9 Å². The van der Waals surface area contributed by atoms with E-state index in [1.54, 1.807) is 0 Å². The molecule has 0 nitrogen and oxygen atoms in total. The van der Waals surface area contributed by atoms with Crippen molar-refractivity contribution < 1.29 is 0 Å². The van der Waals surface area contributed by atoms with E-state index in [9.17, 15) is 0 Å². The highest BCUT2D eigenvalue weighted by atomic mass is 79.9. The molecule has 58 valence electrons. The van der Waals surface area contributed by atoms with Gasteiger partial charge in [0, 0.05) is 13.4 Å². The van der Waals surface area contributed by atoms with E-state index in [0.717, 1.165) is 5.33 Å². The molecule has 0 aliphatic heterocycles. The molecule has 0 bridgehead atoms. The monoisotopic (exact) mass is 218 g/mol. The molecule has 0 unspecified atom stereocenters. The van der Waals surface area contributed by atoms with E-state index in [0.29, 0.717) is 0 Å². The fourth-order valence-electron chi connectivity index (χ4n) is 0.797. The zero-order valence-electron chi connectivity index (χ0n) is 7.00. The molecule has 0 radical (unpaired) electrons. The molecule has 0 saturated heterocycles. The molecule has 0 aromatic heterocycles. The van der Waals surface area contributed by atoms with Crippen molar-refractivity contribution in [2.45, 2.75) is 25.7 Å². The summed E-state index contributed by atoms with van der Waals surface area (Å²) >= 11 is 3.41. The SMILES string of the molecule is C=C=C(CBr)C[Si](C)(C)C. The normalized spacial score (nSPS) is 10.8. The van der Waals surface area contributed by atoms with Gasteiger partial charge in [0.25, 0.3) is 0 Å². The maximum Gasteiger partial charge on any atom is 0.0491 e. The first kappa shape index (κ1) is 10.2. The maximum atomic E-state index is 3.65. The Morgan fingerprint density at radius 2 is 2.00 bits per heavy atom. The summed E-state index contributed by atoms with van der Waals surface area (Å²) in [6.07, 6.45) is 0. The summed E-state index contributed by atoms with van der Waals surface area (Å²) in [4.78, 5) is 0. The minimum Gasteiger partial charge on any atom is -0.129 e. The van der Waals surface area contributed by atoms with Gasteiger partial charge in [0.15, 0.2) is 0 Å². The molecule has 0 aromatic carbocycles. The molecule has 0 spiro atoms. The average Bonchev–Trinajstić information content (AvgIpc) is 1.81. The second-order valence-electron chi connectivity index (χ2n) is 3.65. The van der Waals surface area contributed by atoms with Crippen LogP contribution in [0.3, 0.4) is 0 Å². The third-order valence-corrected chi connectivity index (χ3v) is 3.32. The number of alkyl halides is 1. The molecule has 0 fully saturated rings. The Labute approximate surface area is 73.2 Å². The zero-order valence-corrected chi connectivity index (χ0v) is 9.59. The van der Waals surface area contributed by atoms with Gasteiger partial charge in [-0.3, -0.25) is 0 Å². The van der Waals surface area contributed by atoms with Gasteiger partial charge in [0.05, 0.1) is 0 Å². The lowest BCUT2D eigenvalue weighted by Gasteiger charge is -2.15. The van der Waals surface area contributed by atoms with Crippen molar-refractivity contribution in [2.75, 3.05) is 5.33 Å². The summed E-state index contributed by atoms with van der Waals surface area (Å²) in [5.74, 6) is 0. The summed E-state index contributed by atoms with van der Waals surface area (Å²) in [5.41, 5.74) is 4.28. The maximum absolute atomic E-state index is 3.65. The van der Waals surface area contributed by atoms with Crippen molar-refractivity contribution in [3.05, 3.63) is 17.9 Å². The average molecular weight is 219 g/mol. The highest BCUT2D eigenvalue weighted by Gasteiger charge is 2.14. The number of hydrogen-bond donors (Lipinski definition) is 0. The van der Waals surface area contributed by atoms with Crippen LogP contribution in [0.2, 0.25) is 25.7 Å². The zero-order chi connectivity index (χ0) is 8.20. The Morgan fingerprint density at radius 1 is 1.50 bits per heavy atom. The fourth-order valence-corrected chi connectivity index (χ4v) is 3.09. The van der Waals surface area contributed by atoms with Crippen molar-refractivity contribution in [1.82, 2.24) is 0 Å². The largest absolute Gasteiger partial charge is 0.129 e. The van der Waals surface area contributed by atoms with Crippen LogP contribution in [0.15, 0.2) is 17.9 Å².